The molecule has 1 aliphatic rings. The molecule has 7 nitrogen and oxygen atoms in total. The van der Waals surface area contributed by atoms with E-state index in [-0.39, 0.29) is 30.6 Å². The van der Waals surface area contributed by atoms with Gasteiger partial charge in [0, 0.05) is 39.6 Å². The fourth-order valence-corrected chi connectivity index (χ4v) is 6.49. The van der Waals surface area contributed by atoms with Gasteiger partial charge in [0.15, 0.2) is 0 Å². The van der Waals surface area contributed by atoms with E-state index in [1.165, 1.54) is 17.0 Å². The van der Waals surface area contributed by atoms with Crippen LogP contribution in [0.4, 0.5) is 5.69 Å². The minimum Gasteiger partial charge on any atom is -0.352 e. The zero-order valence-electron chi connectivity index (χ0n) is 22.6. The van der Waals surface area contributed by atoms with Gasteiger partial charge in [-0.2, -0.15) is 0 Å². The molecule has 1 saturated carbocycles. The highest BCUT2D eigenvalue weighted by atomic mass is 35.5. The van der Waals surface area contributed by atoms with Crippen LogP contribution in [0.1, 0.15) is 36.8 Å². The number of sulfonamides is 1. The van der Waals surface area contributed by atoms with Crippen molar-refractivity contribution in [3.05, 3.63) is 99.0 Å². The van der Waals surface area contributed by atoms with Crippen molar-refractivity contribution in [2.24, 2.45) is 0 Å². The van der Waals surface area contributed by atoms with Gasteiger partial charge in [0.1, 0.15) is 12.6 Å². The zero-order chi connectivity index (χ0) is 29.6. The van der Waals surface area contributed by atoms with E-state index in [0.29, 0.717) is 20.6 Å². The number of rotatable bonds is 11. The summed E-state index contributed by atoms with van der Waals surface area (Å²) in [7, 11) is -3.88. The number of halogens is 3. The summed E-state index contributed by atoms with van der Waals surface area (Å²) in [6.07, 6.45) is 5.03. The Hall–Kier alpha value is -2.78. The molecule has 1 atom stereocenters. The Kier molecular flexibility index (Phi) is 10.6. The number of nitrogens with one attached hydrogen (secondary N) is 1. The lowest BCUT2D eigenvalue weighted by Crippen LogP contribution is -2.54. The summed E-state index contributed by atoms with van der Waals surface area (Å²) < 4.78 is 26.7. The molecule has 0 bridgehead atoms. The minimum atomic E-state index is -3.88. The lowest BCUT2D eigenvalue weighted by atomic mass is 10.0. The summed E-state index contributed by atoms with van der Waals surface area (Å²) in [5, 5.41) is 4.22. The molecular weight excluding hydrogens is 605 g/mol. The van der Waals surface area contributed by atoms with Gasteiger partial charge >= 0.3 is 0 Å². The smallest absolute Gasteiger partial charge is 0.244 e. The van der Waals surface area contributed by atoms with Crippen LogP contribution in [-0.2, 0) is 32.6 Å². The van der Waals surface area contributed by atoms with E-state index in [1.807, 2.05) is 30.3 Å². The first kappa shape index (κ1) is 31.2. The zero-order valence-corrected chi connectivity index (χ0v) is 25.7. The van der Waals surface area contributed by atoms with Crippen LogP contribution in [0.15, 0.2) is 72.8 Å². The molecule has 1 N–H and O–H groups in total. The van der Waals surface area contributed by atoms with Crippen molar-refractivity contribution in [2.75, 3.05) is 17.1 Å². The second kappa shape index (κ2) is 13.9. The van der Waals surface area contributed by atoms with Gasteiger partial charge in [0.25, 0.3) is 0 Å². The second-order valence-corrected chi connectivity index (χ2v) is 13.3. The molecule has 1 aliphatic carbocycles. The molecule has 0 radical (unpaired) electrons. The van der Waals surface area contributed by atoms with Gasteiger partial charge in [0.2, 0.25) is 21.8 Å². The van der Waals surface area contributed by atoms with Gasteiger partial charge in [-0.25, -0.2) is 8.42 Å². The average molecular weight is 637 g/mol. The molecule has 3 aromatic carbocycles. The number of hydrogen-bond donors (Lipinski definition) is 1. The van der Waals surface area contributed by atoms with E-state index in [1.54, 1.807) is 30.3 Å². The van der Waals surface area contributed by atoms with Crippen molar-refractivity contribution < 1.29 is 18.0 Å². The number of carbonyl (C=O) groups excluding carboxylic acids is 2. The Labute approximate surface area is 256 Å². The SMILES string of the molecule is CS(=O)(=O)N(CC(=O)N(Cc1c(Cl)cccc1Cl)[C@H](Cc1ccccc1)C(=O)NC1CCCC1)c1ccc(Cl)cc1. The second-order valence-electron chi connectivity index (χ2n) is 10.2. The van der Waals surface area contributed by atoms with E-state index in [4.69, 9.17) is 34.8 Å². The lowest BCUT2D eigenvalue weighted by molar-refractivity contribution is -0.140. The van der Waals surface area contributed by atoms with Crippen LogP contribution in [-0.4, -0.2) is 50.0 Å². The third-order valence-electron chi connectivity index (χ3n) is 7.16. The molecule has 4 rings (SSSR count). The number of hydrogen-bond acceptors (Lipinski definition) is 4. The van der Waals surface area contributed by atoms with Gasteiger partial charge < -0.3 is 10.2 Å². The maximum atomic E-state index is 14.2. The van der Waals surface area contributed by atoms with Crippen LogP contribution in [0.5, 0.6) is 0 Å². The highest BCUT2D eigenvalue weighted by Gasteiger charge is 2.35. The number of amides is 2. The van der Waals surface area contributed by atoms with Crippen LogP contribution in [0, 0.1) is 0 Å². The molecule has 0 spiro atoms. The molecule has 1 fully saturated rings. The predicted octanol–water partition coefficient (Wildman–Crippen LogP) is 6.11. The van der Waals surface area contributed by atoms with Gasteiger partial charge in [0.05, 0.1) is 11.9 Å². The van der Waals surface area contributed by atoms with E-state index < -0.39 is 28.5 Å². The normalized spacial score (nSPS) is 14.4. The molecule has 2 amide bonds. The monoisotopic (exact) mass is 635 g/mol. The summed E-state index contributed by atoms with van der Waals surface area (Å²) >= 11 is 19.0. The Morgan fingerprint density at radius 2 is 1.51 bits per heavy atom. The minimum absolute atomic E-state index is 0.0169. The van der Waals surface area contributed by atoms with Crippen LogP contribution in [0.2, 0.25) is 15.1 Å². The fourth-order valence-electron chi connectivity index (χ4n) is 5.00. The lowest BCUT2D eigenvalue weighted by Gasteiger charge is -2.34. The third-order valence-corrected chi connectivity index (χ3v) is 9.26. The van der Waals surface area contributed by atoms with Gasteiger partial charge in [-0.1, -0.05) is 84.0 Å². The number of nitrogens with zero attached hydrogens (tertiary/aromatic N) is 2. The summed E-state index contributed by atoms with van der Waals surface area (Å²) in [5.41, 5.74) is 1.59. The Morgan fingerprint density at radius 3 is 2.10 bits per heavy atom. The van der Waals surface area contributed by atoms with Crippen molar-refractivity contribution in [1.82, 2.24) is 10.2 Å². The van der Waals surface area contributed by atoms with Crippen LogP contribution in [0.3, 0.4) is 0 Å². The van der Waals surface area contributed by atoms with Gasteiger partial charge in [-0.05, 0) is 54.8 Å². The Balaban J connectivity index is 1.75. The van der Waals surface area contributed by atoms with Crippen molar-refractivity contribution in [2.45, 2.75) is 50.7 Å². The predicted molar refractivity (Wildman–Crippen MR) is 165 cm³/mol. The number of benzene rings is 3. The highest BCUT2D eigenvalue weighted by Crippen LogP contribution is 2.28. The van der Waals surface area contributed by atoms with Crippen molar-refractivity contribution >= 4 is 62.3 Å². The summed E-state index contributed by atoms with van der Waals surface area (Å²) in [6, 6.07) is 19.6. The average Bonchev–Trinajstić information content (AvgIpc) is 3.44. The molecule has 11 heteroatoms. The topological polar surface area (TPSA) is 86.8 Å². The summed E-state index contributed by atoms with van der Waals surface area (Å²) in [6.45, 7) is -0.629. The van der Waals surface area contributed by atoms with Gasteiger partial charge in [-0.15, -0.1) is 0 Å². The molecule has 41 heavy (non-hydrogen) atoms. The van der Waals surface area contributed by atoms with Crippen molar-refractivity contribution in [3.8, 4) is 0 Å². The fraction of sp³-hybridized carbons (Fsp3) is 0.333. The van der Waals surface area contributed by atoms with Gasteiger partial charge in [-0.3, -0.25) is 13.9 Å². The summed E-state index contributed by atoms with van der Waals surface area (Å²) in [5.74, 6) is -0.890. The molecule has 0 aliphatic heterocycles. The molecule has 218 valence electrons. The standard InChI is InChI=1S/C30H32Cl3N3O4S/c1-41(39,40)36(24-16-14-22(31)15-17-24)20-29(37)35(19-25-26(32)12-7-13-27(25)33)28(18-21-8-3-2-4-9-21)30(38)34-23-10-5-6-11-23/h2-4,7-9,12-17,23,28H,5-6,10-11,18-20H2,1H3,(H,34,38)/t28-/m1/s1. The molecular formula is C30H32Cl3N3O4S. The first-order valence-corrected chi connectivity index (χ1v) is 16.3. The van der Waals surface area contributed by atoms with E-state index in [0.717, 1.165) is 41.8 Å². The molecule has 0 unspecified atom stereocenters. The highest BCUT2D eigenvalue weighted by molar-refractivity contribution is 7.92. The van der Waals surface area contributed by atoms with E-state index >= 15 is 0 Å². The van der Waals surface area contributed by atoms with Crippen molar-refractivity contribution in [3.63, 3.8) is 0 Å². The van der Waals surface area contributed by atoms with E-state index in [9.17, 15) is 18.0 Å². The van der Waals surface area contributed by atoms with Crippen molar-refractivity contribution in [1.29, 1.82) is 0 Å². The molecule has 0 heterocycles. The van der Waals surface area contributed by atoms with Crippen LogP contribution in [0.25, 0.3) is 0 Å². The van der Waals surface area contributed by atoms with E-state index in [2.05, 4.69) is 5.32 Å². The van der Waals surface area contributed by atoms with Crippen LogP contribution < -0.4 is 9.62 Å². The van der Waals surface area contributed by atoms with Crippen LogP contribution >= 0.6 is 34.8 Å². The first-order valence-electron chi connectivity index (χ1n) is 13.3. The molecule has 0 aromatic heterocycles. The molecule has 3 aromatic rings. The Bertz CT molecular complexity index is 1440. The Morgan fingerprint density at radius 1 is 0.902 bits per heavy atom. The first-order chi connectivity index (χ1) is 19.5. The quantitative estimate of drug-likeness (QED) is 0.275. The molecule has 0 saturated heterocycles. The largest absolute Gasteiger partial charge is 0.352 e. The summed E-state index contributed by atoms with van der Waals surface area (Å²) in [4.78, 5) is 29.4. The maximum absolute atomic E-state index is 14.2. The number of anilines is 1. The third kappa shape index (κ3) is 8.38. The number of carbonyl (C=O) groups is 2. The maximum Gasteiger partial charge on any atom is 0.244 e.